The molecular weight excluding hydrogens is 297 g/mol. The molecule has 0 aliphatic carbocycles. The summed E-state index contributed by atoms with van der Waals surface area (Å²) in [6.07, 6.45) is 2.46. The zero-order chi connectivity index (χ0) is 14.5. The molecule has 0 bridgehead atoms. The van der Waals surface area contributed by atoms with Crippen LogP contribution in [0.3, 0.4) is 0 Å². The summed E-state index contributed by atoms with van der Waals surface area (Å²) in [4.78, 5) is 14.4. The lowest BCUT2D eigenvalue weighted by molar-refractivity contribution is 0.0686. The van der Waals surface area contributed by atoms with Crippen molar-refractivity contribution < 1.29 is 9.53 Å². The van der Waals surface area contributed by atoms with Crippen LogP contribution < -0.4 is 0 Å². The molecule has 0 spiro atoms. The van der Waals surface area contributed by atoms with E-state index in [0.717, 1.165) is 32.5 Å². The third kappa shape index (κ3) is 4.19. The van der Waals surface area contributed by atoms with Crippen LogP contribution in [0.15, 0.2) is 18.2 Å². The van der Waals surface area contributed by atoms with E-state index in [1.54, 1.807) is 18.2 Å². The van der Waals surface area contributed by atoms with Crippen LogP contribution in [0.4, 0.5) is 0 Å². The number of Topliss-reactive ketones (excluding diaryl/α,β-unsaturated/α-hetero) is 1. The molecule has 110 valence electrons. The van der Waals surface area contributed by atoms with Crippen LogP contribution in [0.2, 0.25) is 10.0 Å². The Kier molecular flexibility index (Phi) is 5.85. The van der Waals surface area contributed by atoms with Crippen molar-refractivity contribution in [1.82, 2.24) is 4.90 Å². The minimum atomic E-state index is 0.0587. The first-order chi connectivity index (χ1) is 9.60. The van der Waals surface area contributed by atoms with Gasteiger partial charge in [-0.05, 0) is 37.6 Å². The van der Waals surface area contributed by atoms with E-state index in [4.69, 9.17) is 27.9 Å². The lowest BCUT2D eigenvalue weighted by Gasteiger charge is -2.22. The molecule has 1 fully saturated rings. The topological polar surface area (TPSA) is 29.5 Å². The fourth-order valence-corrected chi connectivity index (χ4v) is 2.64. The van der Waals surface area contributed by atoms with E-state index in [0.29, 0.717) is 22.2 Å². The number of likely N-dealkylation sites (N-methyl/N-ethyl adjacent to an activating group) is 1. The predicted molar refractivity (Wildman–Crippen MR) is 81.9 cm³/mol. The van der Waals surface area contributed by atoms with Gasteiger partial charge in [0, 0.05) is 18.7 Å². The fourth-order valence-electron chi connectivity index (χ4n) is 2.35. The molecule has 1 aromatic carbocycles. The summed E-state index contributed by atoms with van der Waals surface area (Å²) >= 11 is 11.8. The van der Waals surface area contributed by atoms with Gasteiger partial charge in [0.15, 0.2) is 5.78 Å². The minimum Gasteiger partial charge on any atom is -0.377 e. The Morgan fingerprint density at radius 1 is 1.40 bits per heavy atom. The van der Waals surface area contributed by atoms with E-state index >= 15 is 0 Å². The summed E-state index contributed by atoms with van der Waals surface area (Å²) in [5.74, 6) is 0.0587. The highest BCUT2D eigenvalue weighted by Gasteiger charge is 2.20. The first-order valence-electron chi connectivity index (χ1n) is 6.92. The van der Waals surface area contributed by atoms with Gasteiger partial charge in [-0.15, -0.1) is 0 Å². The number of carbonyl (C=O) groups excluding carboxylic acids is 1. The maximum Gasteiger partial charge on any atom is 0.176 e. The average molecular weight is 316 g/mol. The number of nitrogens with zero attached hydrogens (tertiary/aromatic N) is 1. The highest BCUT2D eigenvalue weighted by atomic mass is 35.5. The van der Waals surface area contributed by atoms with Gasteiger partial charge in [-0.1, -0.05) is 30.1 Å². The molecule has 2 rings (SSSR count). The fraction of sp³-hybridized carbons (Fsp3) is 0.533. The second-order valence-electron chi connectivity index (χ2n) is 5.01. The van der Waals surface area contributed by atoms with Crippen LogP contribution in [-0.4, -0.2) is 43.0 Å². The maximum atomic E-state index is 12.3. The highest BCUT2D eigenvalue weighted by molar-refractivity contribution is 6.42. The number of ether oxygens (including phenoxy) is 1. The molecular formula is C15H19Cl2NO2. The molecule has 0 N–H and O–H groups in total. The maximum absolute atomic E-state index is 12.3. The quantitative estimate of drug-likeness (QED) is 0.750. The van der Waals surface area contributed by atoms with Gasteiger partial charge in [0.2, 0.25) is 0 Å². The monoisotopic (exact) mass is 315 g/mol. The molecule has 1 aliphatic heterocycles. The van der Waals surface area contributed by atoms with Crippen LogP contribution >= 0.6 is 23.2 Å². The number of hydrogen-bond acceptors (Lipinski definition) is 3. The Hall–Kier alpha value is -0.610. The molecule has 0 amide bonds. The van der Waals surface area contributed by atoms with Gasteiger partial charge in [-0.2, -0.15) is 0 Å². The zero-order valence-electron chi connectivity index (χ0n) is 11.6. The zero-order valence-corrected chi connectivity index (χ0v) is 13.1. The van der Waals surface area contributed by atoms with Crippen molar-refractivity contribution in [3.8, 4) is 0 Å². The smallest absolute Gasteiger partial charge is 0.176 e. The van der Waals surface area contributed by atoms with Crippen LogP contribution in [0.1, 0.15) is 30.1 Å². The van der Waals surface area contributed by atoms with E-state index < -0.39 is 0 Å². The number of hydrogen-bond donors (Lipinski definition) is 0. The molecule has 1 unspecified atom stereocenters. The van der Waals surface area contributed by atoms with Gasteiger partial charge in [-0.3, -0.25) is 9.69 Å². The van der Waals surface area contributed by atoms with Crippen molar-refractivity contribution in [1.29, 1.82) is 0 Å². The SMILES string of the molecule is CCN(CC(=O)c1ccc(Cl)c(Cl)c1)CC1CCCO1. The lowest BCUT2D eigenvalue weighted by atomic mass is 10.1. The third-order valence-corrected chi connectivity index (χ3v) is 4.28. The van der Waals surface area contributed by atoms with Crippen molar-refractivity contribution in [3.05, 3.63) is 33.8 Å². The minimum absolute atomic E-state index is 0.0587. The molecule has 1 saturated heterocycles. The molecule has 1 aromatic rings. The largest absolute Gasteiger partial charge is 0.377 e. The molecule has 0 radical (unpaired) electrons. The normalized spacial score (nSPS) is 18.7. The molecule has 0 saturated carbocycles. The van der Waals surface area contributed by atoms with Gasteiger partial charge in [0.05, 0.1) is 22.7 Å². The van der Waals surface area contributed by atoms with Gasteiger partial charge >= 0.3 is 0 Å². The van der Waals surface area contributed by atoms with Crippen LogP contribution in [-0.2, 0) is 4.74 Å². The number of rotatable bonds is 6. The van der Waals surface area contributed by atoms with Crippen LogP contribution in [0.5, 0.6) is 0 Å². The molecule has 1 atom stereocenters. The Morgan fingerprint density at radius 2 is 2.20 bits per heavy atom. The molecule has 0 aromatic heterocycles. The van der Waals surface area contributed by atoms with E-state index in [-0.39, 0.29) is 11.9 Å². The Labute approximate surface area is 129 Å². The van der Waals surface area contributed by atoms with Crippen molar-refractivity contribution in [3.63, 3.8) is 0 Å². The Bertz CT molecular complexity index is 473. The van der Waals surface area contributed by atoms with Gasteiger partial charge in [0.1, 0.15) is 0 Å². The Morgan fingerprint density at radius 3 is 2.80 bits per heavy atom. The number of ketones is 1. The summed E-state index contributed by atoms with van der Waals surface area (Å²) < 4.78 is 5.62. The summed E-state index contributed by atoms with van der Waals surface area (Å²) in [6, 6.07) is 5.01. The third-order valence-electron chi connectivity index (χ3n) is 3.54. The molecule has 3 nitrogen and oxygen atoms in total. The second kappa shape index (κ2) is 7.41. The van der Waals surface area contributed by atoms with Crippen LogP contribution in [0.25, 0.3) is 0 Å². The first kappa shape index (κ1) is 15.8. The van der Waals surface area contributed by atoms with Gasteiger partial charge in [0.25, 0.3) is 0 Å². The summed E-state index contributed by atoms with van der Waals surface area (Å²) in [7, 11) is 0. The first-order valence-corrected chi connectivity index (χ1v) is 7.68. The molecule has 1 aliphatic rings. The molecule has 1 heterocycles. The summed E-state index contributed by atoms with van der Waals surface area (Å²) in [5.41, 5.74) is 0.602. The van der Waals surface area contributed by atoms with E-state index in [1.165, 1.54) is 0 Å². The van der Waals surface area contributed by atoms with Crippen molar-refractivity contribution in [2.24, 2.45) is 0 Å². The standard InChI is InChI=1S/C15H19Cl2NO2/c1-2-18(9-12-4-3-7-20-12)10-15(19)11-5-6-13(16)14(17)8-11/h5-6,8,12H,2-4,7,9-10H2,1H3. The average Bonchev–Trinajstić information content (AvgIpc) is 2.93. The number of benzene rings is 1. The van der Waals surface area contributed by atoms with Crippen LogP contribution in [0, 0.1) is 0 Å². The summed E-state index contributed by atoms with van der Waals surface area (Å²) in [5, 5.41) is 0.884. The highest BCUT2D eigenvalue weighted by Crippen LogP contribution is 2.23. The van der Waals surface area contributed by atoms with E-state index in [2.05, 4.69) is 11.8 Å². The van der Waals surface area contributed by atoms with E-state index in [1.807, 2.05) is 0 Å². The van der Waals surface area contributed by atoms with Crippen molar-refractivity contribution >= 4 is 29.0 Å². The van der Waals surface area contributed by atoms with Crippen molar-refractivity contribution in [2.75, 3.05) is 26.2 Å². The van der Waals surface area contributed by atoms with Crippen molar-refractivity contribution in [2.45, 2.75) is 25.9 Å². The Balaban J connectivity index is 1.95. The number of halogens is 2. The number of carbonyl (C=O) groups is 1. The predicted octanol–water partition coefficient (Wildman–Crippen LogP) is 3.68. The summed E-state index contributed by atoms with van der Waals surface area (Å²) in [6.45, 7) is 4.91. The second-order valence-corrected chi connectivity index (χ2v) is 5.83. The van der Waals surface area contributed by atoms with Gasteiger partial charge < -0.3 is 4.74 Å². The van der Waals surface area contributed by atoms with E-state index in [9.17, 15) is 4.79 Å². The lowest BCUT2D eigenvalue weighted by Crippen LogP contribution is -2.36. The van der Waals surface area contributed by atoms with Gasteiger partial charge in [-0.25, -0.2) is 0 Å². The molecule has 20 heavy (non-hydrogen) atoms. The molecule has 5 heteroatoms.